The highest BCUT2D eigenvalue weighted by Crippen LogP contribution is 2.35. The Morgan fingerprint density at radius 1 is 1.18 bits per heavy atom. The van der Waals surface area contributed by atoms with Gasteiger partial charge in [-0.15, -0.1) is 0 Å². The molecule has 1 aromatic carbocycles. The molecule has 1 saturated heterocycles. The number of carbonyl (C=O) groups is 1. The second kappa shape index (κ2) is 9.80. The zero-order chi connectivity index (χ0) is 19.9. The lowest BCUT2D eigenvalue weighted by atomic mass is 9.82. The van der Waals surface area contributed by atoms with E-state index in [9.17, 15) is 4.79 Å². The zero-order valence-electron chi connectivity index (χ0n) is 17.5. The number of hydrogen-bond donors (Lipinski definition) is 1. The summed E-state index contributed by atoms with van der Waals surface area (Å²) >= 11 is 0. The molecular weight excluding hydrogens is 352 g/mol. The average molecular weight is 387 g/mol. The summed E-state index contributed by atoms with van der Waals surface area (Å²) in [6.07, 6.45) is 6.27. The van der Waals surface area contributed by atoms with Gasteiger partial charge >= 0.3 is 0 Å². The highest BCUT2D eigenvalue weighted by molar-refractivity contribution is 5.85. The number of nitrogens with zero attached hydrogens (tertiary/aromatic N) is 3. The van der Waals surface area contributed by atoms with Crippen molar-refractivity contribution in [2.24, 2.45) is 16.8 Å². The highest BCUT2D eigenvalue weighted by Gasteiger charge is 2.35. The van der Waals surface area contributed by atoms with Gasteiger partial charge in [0.05, 0.1) is 7.11 Å². The predicted molar refractivity (Wildman–Crippen MR) is 113 cm³/mol. The third kappa shape index (κ3) is 5.40. The van der Waals surface area contributed by atoms with E-state index in [4.69, 9.17) is 4.74 Å². The summed E-state index contributed by atoms with van der Waals surface area (Å²) < 4.78 is 5.22. The molecule has 0 bridgehead atoms. The lowest BCUT2D eigenvalue weighted by Crippen LogP contribution is -2.42. The predicted octanol–water partition coefficient (Wildman–Crippen LogP) is 2.39. The Kier molecular flexibility index (Phi) is 7.18. The van der Waals surface area contributed by atoms with Crippen molar-refractivity contribution in [1.82, 2.24) is 15.1 Å². The van der Waals surface area contributed by atoms with E-state index in [0.29, 0.717) is 0 Å². The number of aliphatic imine (C=N–C) groups is 1. The van der Waals surface area contributed by atoms with E-state index in [-0.39, 0.29) is 12.5 Å². The minimum Gasteiger partial charge on any atom is -0.497 e. The van der Waals surface area contributed by atoms with Crippen LogP contribution in [-0.2, 0) is 11.2 Å². The summed E-state index contributed by atoms with van der Waals surface area (Å²) in [5, 5.41) is 3.52. The van der Waals surface area contributed by atoms with Crippen LogP contribution in [0.5, 0.6) is 5.75 Å². The van der Waals surface area contributed by atoms with E-state index in [0.717, 1.165) is 49.6 Å². The SMILES string of the molecule is COc1ccc(CCNC(=NCC(=O)N(C)C)N2CC3CCCCC3C2)cc1. The van der Waals surface area contributed by atoms with Gasteiger partial charge in [0.1, 0.15) is 12.3 Å². The second-order valence-electron chi connectivity index (χ2n) is 8.16. The van der Waals surface area contributed by atoms with Crippen LogP contribution in [0.25, 0.3) is 0 Å². The van der Waals surface area contributed by atoms with Crippen molar-refractivity contribution in [2.45, 2.75) is 32.1 Å². The van der Waals surface area contributed by atoms with Crippen molar-refractivity contribution in [3.8, 4) is 5.75 Å². The molecule has 1 aliphatic carbocycles. The molecule has 0 spiro atoms. The van der Waals surface area contributed by atoms with Crippen LogP contribution in [0, 0.1) is 11.8 Å². The van der Waals surface area contributed by atoms with Crippen LogP contribution in [0.15, 0.2) is 29.3 Å². The molecule has 0 radical (unpaired) electrons. The number of carbonyl (C=O) groups excluding carboxylic acids is 1. The second-order valence-corrected chi connectivity index (χ2v) is 8.16. The average Bonchev–Trinajstić information content (AvgIpc) is 3.14. The summed E-state index contributed by atoms with van der Waals surface area (Å²) in [6.45, 7) is 3.13. The number of hydrogen-bond acceptors (Lipinski definition) is 3. The molecule has 3 rings (SSSR count). The Labute approximate surface area is 168 Å². The molecule has 1 aliphatic heterocycles. The number of likely N-dealkylation sites (tertiary alicyclic amines) is 1. The van der Waals surface area contributed by atoms with E-state index in [1.54, 1.807) is 26.1 Å². The van der Waals surface area contributed by atoms with Crippen LogP contribution in [0.4, 0.5) is 0 Å². The van der Waals surface area contributed by atoms with Gasteiger partial charge in [0.2, 0.25) is 5.91 Å². The molecular formula is C22H34N4O2. The summed E-state index contributed by atoms with van der Waals surface area (Å²) in [6, 6.07) is 8.17. The van der Waals surface area contributed by atoms with E-state index in [1.165, 1.54) is 31.2 Å². The lowest BCUT2D eigenvalue weighted by molar-refractivity contribution is -0.127. The molecule has 154 valence electrons. The van der Waals surface area contributed by atoms with Crippen LogP contribution in [0.3, 0.4) is 0 Å². The molecule has 0 aromatic heterocycles. The molecule has 2 aliphatic rings. The maximum atomic E-state index is 12.0. The molecule has 1 aromatic rings. The van der Waals surface area contributed by atoms with Crippen LogP contribution >= 0.6 is 0 Å². The summed E-state index contributed by atoms with van der Waals surface area (Å²) in [5.74, 6) is 3.36. The number of methoxy groups -OCH3 is 1. The number of likely N-dealkylation sites (N-methyl/N-ethyl adjacent to an activating group) is 1. The monoisotopic (exact) mass is 386 g/mol. The number of benzene rings is 1. The largest absolute Gasteiger partial charge is 0.497 e. The normalized spacial score (nSPS) is 22.0. The molecule has 2 unspecified atom stereocenters. The van der Waals surface area contributed by atoms with Crippen molar-refractivity contribution >= 4 is 11.9 Å². The first kappa shape index (κ1) is 20.5. The van der Waals surface area contributed by atoms with Crippen LogP contribution in [0.2, 0.25) is 0 Å². The van der Waals surface area contributed by atoms with Crippen molar-refractivity contribution in [1.29, 1.82) is 0 Å². The number of fused-ring (bicyclic) bond motifs is 1. The van der Waals surface area contributed by atoms with Crippen molar-refractivity contribution in [2.75, 3.05) is 47.4 Å². The number of ether oxygens (including phenoxy) is 1. The molecule has 2 atom stereocenters. The standard InChI is InChI=1S/C22H34N4O2/c1-25(2)21(27)14-24-22(26-15-18-6-4-5-7-19(18)16-26)23-13-12-17-8-10-20(28-3)11-9-17/h8-11,18-19H,4-7,12-16H2,1-3H3,(H,23,24). The molecule has 1 N–H and O–H groups in total. The lowest BCUT2D eigenvalue weighted by Gasteiger charge is -2.22. The molecule has 2 fully saturated rings. The maximum absolute atomic E-state index is 12.0. The summed E-state index contributed by atoms with van der Waals surface area (Å²) in [7, 11) is 5.24. The first-order valence-electron chi connectivity index (χ1n) is 10.4. The van der Waals surface area contributed by atoms with Gasteiger partial charge in [-0.1, -0.05) is 25.0 Å². The molecule has 28 heavy (non-hydrogen) atoms. The third-order valence-corrected chi connectivity index (χ3v) is 5.99. The minimum absolute atomic E-state index is 0.0334. The molecule has 1 heterocycles. The first-order chi connectivity index (χ1) is 13.6. The molecule has 6 heteroatoms. The zero-order valence-corrected chi connectivity index (χ0v) is 17.5. The van der Waals surface area contributed by atoms with Gasteiger partial charge in [0.25, 0.3) is 0 Å². The number of rotatable bonds is 6. The van der Waals surface area contributed by atoms with Crippen molar-refractivity contribution < 1.29 is 9.53 Å². The Balaban J connectivity index is 1.60. The topological polar surface area (TPSA) is 57.2 Å². The van der Waals surface area contributed by atoms with Crippen LogP contribution < -0.4 is 10.1 Å². The van der Waals surface area contributed by atoms with Gasteiger partial charge in [-0.25, -0.2) is 4.99 Å². The Hall–Kier alpha value is -2.24. The molecule has 1 saturated carbocycles. The fraction of sp³-hybridized carbons (Fsp3) is 0.636. The highest BCUT2D eigenvalue weighted by atomic mass is 16.5. The van der Waals surface area contributed by atoms with E-state index < -0.39 is 0 Å². The number of nitrogens with one attached hydrogen (secondary N) is 1. The first-order valence-corrected chi connectivity index (χ1v) is 10.4. The number of guanidine groups is 1. The fourth-order valence-corrected chi connectivity index (χ4v) is 4.24. The van der Waals surface area contributed by atoms with Gasteiger partial charge in [-0.3, -0.25) is 4.79 Å². The van der Waals surface area contributed by atoms with Crippen LogP contribution in [-0.4, -0.2) is 69.1 Å². The van der Waals surface area contributed by atoms with Crippen LogP contribution in [0.1, 0.15) is 31.2 Å². The van der Waals surface area contributed by atoms with E-state index in [2.05, 4.69) is 27.3 Å². The minimum atomic E-state index is 0.0334. The van der Waals surface area contributed by atoms with Crippen molar-refractivity contribution in [3.05, 3.63) is 29.8 Å². The quantitative estimate of drug-likeness (QED) is 0.603. The van der Waals surface area contributed by atoms with Gasteiger partial charge < -0.3 is 19.9 Å². The third-order valence-electron chi connectivity index (χ3n) is 5.99. The van der Waals surface area contributed by atoms with E-state index in [1.807, 2.05) is 12.1 Å². The van der Waals surface area contributed by atoms with E-state index >= 15 is 0 Å². The smallest absolute Gasteiger partial charge is 0.243 e. The molecule has 1 amide bonds. The Morgan fingerprint density at radius 3 is 2.39 bits per heavy atom. The maximum Gasteiger partial charge on any atom is 0.243 e. The van der Waals surface area contributed by atoms with Gasteiger partial charge in [-0.2, -0.15) is 0 Å². The summed E-state index contributed by atoms with van der Waals surface area (Å²) in [4.78, 5) is 20.7. The number of amides is 1. The fourth-order valence-electron chi connectivity index (χ4n) is 4.24. The van der Waals surface area contributed by atoms with Gasteiger partial charge in [0.15, 0.2) is 5.96 Å². The van der Waals surface area contributed by atoms with Gasteiger partial charge in [0, 0.05) is 33.7 Å². The van der Waals surface area contributed by atoms with Gasteiger partial charge in [-0.05, 0) is 48.8 Å². The Morgan fingerprint density at radius 2 is 1.82 bits per heavy atom. The summed E-state index contributed by atoms with van der Waals surface area (Å²) in [5.41, 5.74) is 1.26. The molecule has 6 nitrogen and oxygen atoms in total. The Bertz CT molecular complexity index is 658. The van der Waals surface area contributed by atoms with Crippen molar-refractivity contribution in [3.63, 3.8) is 0 Å².